The number of piperidine rings is 2. The number of rotatable bonds is 9. The molecule has 1 atom stereocenters. The Morgan fingerprint density at radius 3 is 2.27 bits per heavy atom. The molecule has 4 fully saturated rings. The van der Waals surface area contributed by atoms with Crippen LogP contribution in [-0.2, 0) is 35.0 Å². The van der Waals surface area contributed by atoms with Crippen molar-refractivity contribution in [3.05, 3.63) is 75.2 Å². The summed E-state index contributed by atoms with van der Waals surface area (Å²) in [4.78, 5) is 78.4. The Labute approximate surface area is 346 Å². The van der Waals surface area contributed by atoms with Crippen LogP contribution in [0.4, 0.5) is 11.5 Å². The summed E-state index contributed by atoms with van der Waals surface area (Å²) in [7, 11) is 6.74. The Morgan fingerprint density at radius 2 is 1.60 bits per heavy atom. The van der Waals surface area contributed by atoms with Crippen molar-refractivity contribution in [3.8, 4) is 22.6 Å². The monoisotopic (exact) mass is 817 g/mol. The molecule has 9 rings (SSSR count). The summed E-state index contributed by atoms with van der Waals surface area (Å²) in [5.41, 5.74) is 4.48. The number of piperazine rings is 1. The Morgan fingerprint density at radius 1 is 0.867 bits per heavy atom. The summed E-state index contributed by atoms with van der Waals surface area (Å²) in [6.45, 7) is 7.49. The predicted octanol–water partition coefficient (Wildman–Crippen LogP) is 3.02. The number of nitrogens with one attached hydrogen (secondary N) is 1. The van der Waals surface area contributed by atoms with Gasteiger partial charge >= 0.3 is 5.69 Å². The second-order valence-corrected chi connectivity index (χ2v) is 16.8. The van der Waals surface area contributed by atoms with E-state index in [0.717, 1.165) is 65.0 Å². The van der Waals surface area contributed by atoms with Crippen LogP contribution in [0.1, 0.15) is 44.2 Å². The van der Waals surface area contributed by atoms with Gasteiger partial charge in [-0.2, -0.15) is 0 Å². The number of nitrogens with zero attached hydrogens (tertiary/aromatic N) is 8. The van der Waals surface area contributed by atoms with Gasteiger partial charge in [0.1, 0.15) is 23.4 Å². The minimum Gasteiger partial charge on any atom is -0.496 e. The summed E-state index contributed by atoms with van der Waals surface area (Å²) < 4.78 is 16.7. The Hall–Kier alpha value is -6.16. The quantitative estimate of drug-likeness (QED) is 0.218. The van der Waals surface area contributed by atoms with Crippen LogP contribution in [0.3, 0.4) is 0 Å². The van der Waals surface area contributed by atoms with Crippen molar-refractivity contribution in [2.24, 2.45) is 20.0 Å². The largest absolute Gasteiger partial charge is 0.496 e. The second-order valence-electron chi connectivity index (χ2n) is 16.8. The van der Waals surface area contributed by atoms with Gasteiger partial charge in [-0.15, -0.1) is 0 Å². The molecule has 3 aromatic heterocycles. The number of hydrogen-bond donors (Lipinski definition) is 1. The summed E-state index contributed by atoms with van der Waals surface area (Å²) in [6.07, 6.45) is 5.56. The first-order chi connectivity index (χ1) is 28.9. The summed E-state index contributed by atoms with van der Waals surface area (Å²) in [5.74, 6) is 2.04. The number of para-hydroxylation sites is 1. The van der Waals surface area contributed by atoms with E-state index in [4.69, 9.17) is 9.47 Å². The number of methoxy groups -OCH3 is 2. The first-order valence-corrected chi connectivity index (χ1v) is 20.7. The molecule has 1 N–H and O–H groups in total. The van der Waals surface area contributed by atoms with Crippen molar-refractivity contribution in [2.45, 2.75) is 51.2 Å². The van der Waals surface area contributed by atoms with Gasteiger partial charge in [-0.3, -0.25) is 38.5 Å². The van der Waals surface area contributed by atoms with Crippen molar-refractivity contribution in [1.82, 2.24) is 33.8 Å². The van der Waals surface area contributed by atoms with Crippen molar-refractivity contribution in [3.63, 3.8) is 0 Å². The smallest absolute Gasteiger partial charge is 0.329 e. The lowest BCUT2D eigenvalue weighted by molar-refractivity contribution is -0.139. The topological polar surface area (TPSA) is 156 Å². The van der Waals surface area contributed by atoms with E-state index in [1.807, 2.05) is 47.5 Å². The third kappa shape index (κ3) is 6.75. The molecule has 7 heterocycles. The van der Waals surface area contributed by atoms with E-state index in [1.54, 1.807) is 43.6 Å². The molecule has 5 aromatic rings. The second kappa shape index (κ2) is 15.5. The molecule has 0 bridgehead atoms. The number of aryl methyl sites for hydroxylation is 2. The van der Waals surface area contributed by atoms with Crippen LogP contribution in [0, 0.1) is 5.92 Å². The van der Waals surface area contributed by atoms with Gasteiger partial charge in [-0.25, -0.2) is 9.78 Å². The molecule has 2 aromatic carbocycles. The number of imide groups is 1. The molecule has 60 heavy (non-hydrogen) atoms. The fourth-order valence-electron chi connectivity index (χ4n) is 9.73. The van der Waals surface area contributed by atoms with Gasteiger partial charge in [-0.05, 0) is 61.1 Å². The zero-order valence-corrected chi connectivity index (χ0v) is 34.8. The number of anilines is 2. The third-order valence-electron chi connectivity index (χ3n) is 12.9. The summed E-state index contributed by atoms with van der Waals surface area (Å²) in [6, 6.07) is 11.1. The maximum Gasteiger partial charge on any atom is 0.329 e. The average Bonchev–Trinajstić information content (AvgIpc) is 3.49. The molecule has 4 aliphatic rings. The normalized spacial score (nSPS) is 19.6. The molecule has 0 aliphatic carbocycles. The van der Waals surface area contributed by atoms with Crippen LogP contribution < -0.4 is 35.8 Å². The highest BCUT2D eigenvalue weighted by Gasteiger charge is 2.35. The van der Waals surface area contributed by atoms with Crippen LogP contribution in [-0.4, -0.2) is 112 Å². The third-order valence-corrected chi connectivity index (χ3v) is 12.9. The number of carbonyl (C=O) groups excluding carboxylic acids is 3. The number of imidazole rings is 1. The molecule has 314 valence electrons. The Balaban J connectivity index is 0.892. The lowest BCUT2D eigenvalue weighted by Crippen LogP contribution is -2.56. The fourth-order valence-corrected chi connectivity index (χ4v) is 9.73. The van der Waals surface area contributed by atoms with Crippen LogP contribution in [0.15, 0.2) is 58.4 Å². The predicted molar refractivity (Wildman–Crippen MR) is 228 cm³/mol. The van der Waals surface area contributed by atoms with Crippen LogP contribution in [0.2, 0.25) is 0 Å². The first kappa shape index (κ1) is 39.3. The van der Waals surface area contributed by atoms with Crippen molar-refractivity contribution >= 4 is 51.0 Å². The number of carbonyl (C=O) groups is 3. The van der Waals surface area contributed by atoms with Crippen LogP contribution in [0.5, 0.6) is 11.5 Å². The molecule has 0 saturated carbocycles. The number of fused-ring (bicyclic) bond motifs is 2. The lowest BCUT2D eigenvalue weighted by Gasteiger charge is -2.43. The van der Waals surface area contributed by atoms with E-state index in [2.05, 4.69) is 31.9 Å². The highest BCUT2D eigenvalue weighted by atomic mass is 16.5. The average molecular weight is 818 g/mol. The van der Waals surface area contributed by atoms with E-state index < -0.39 is 11.9 Å². The van der Waals surface area contributed by atoms with Crippen molar-refractivity contribution in [1.29, 1.82) is 0 Å². The van der Waals surface area contributed by atoms with Crippen molar-refractivity contribution < 1.29 is 23.9 Å². The first-order valence-electron chi connectivity index (χ1n) is 20.7. The van der Waals surface area contributed by atoms with E-state index in [-0.39, 0.29) is 48.5 Å². The van der Waals surface area contributed by atoms with Crippen LogP contribution in [0.25, 0.3) is 32.9 Å². The zero-order chi connectivity index (χ0) is 42.0. The fraction of sp³-hybridized carbons (Fsp3) is 0.455. The van der Waals surface area contributed by atoms with E-state index in [9.17, 15) is 24.0 Å². The van der Waals surface area contributed by atoms with Gasteiger partial charge in [0.2, 0.25) is 17.7 Å². The maximum atomic E-state index is 13.8. The van der Waals surface area contributed by atoms with Gasteiger partial charge < -0.3 is 28.7 Å². The number of amides is 3. The number of aromatic nitrogens is 4. The molecule has 3 amide bonds. The summed E-state index contributed by atoms with van der Waals surface area (Å²) in [5, 5.41) is 3.74. The minimum absolute atomic E-state index is 0.0813. The molecule has 1 unspecified atom stereocenters. The standard InChI is InChI=1S/C44H51N9O7/c1-26-21-51(22-26)38-19-29-30(20-45-38)43(57)47(2)23-31(29)27-17-36(59-4)32(37(18-27)60-5)24-49-15-16-52(40(55)25-49)28-11-13-50(14-12-28)33-7-6-8-34-41(33)48(3)44(58)53(34)35-9-10-39(54)46-42(35)56/h6-8,17-20,23,26,28,35H,9-16,21-22,24-25H2,1-5H3,(H,46,54,56). The lowest BCUT2D eigenvalue weighted by atomic mass is 9.97. The van der Waals surface area contributed by atoms with Gasteiger partial charge in [0, 0.05) is 95.7 Å². The number of ether oxygens (including phenoxy) is 2. The molecular weight excluding hydrogens is 767 g/mol. The van der Waals surface area contributed by atoms with Gasteiger partial charge in [-0.1, -0.05) is 13.0 Å². The molecule has 0 spiro atoms. The number of benzene rings is 2. The number of pyridine rings is 2. The molecule has 4 saturated heterocycles. The highest BCUT2D eigenvalue weighted by molar-refractivity contribution is 6.01. The van der Waals surface area contributed by atoms with Crippen molar-refractivity contribution in [2.75, 3.05) is 69.8 Å². The SMILES string of the molecule is COc1cc(-c2cn(C)c(=O)c3cnc(N4CC(C)C4)cc23)cc(OC)c1CN1CCN(C2CCN(c3cccc4c3n(C)c(=O)n4C3CCC(=O)NC3=O)CC2)C(=O)C1. The van der Waals surface area contributed by atoms with Gasteiger partial charge in [0.15, 0.2) is 0 Å². The molecule has 16 heteroatoms. The summed E-state index contributed by atoms with van der Waals surface area (Å²) >= 11 is 0. The minimum atomic E-state index is -0.746. The highest BCUT2D eigenvalue weighted by Crippen LogP contribution is 2.39. The Bertz CT molecular complexity index is 2650. The molecular formula is C44H51N9O7. The van der Waals surface area contributed by atoms with Crippen LogP contribution >= 0.6 is 0 Å². The van der Waals surface area contributed by atoms with Gasteiger partial charge in [0.05, 0.1) is 48.4 Å². The van der Waals surface area contributed by atoms with E-state index in [0.29, 0.717) is 61.0 Å². The Kier molecular flexibility index (Phi) is 10.1. The van der Waals surface area contributed by atoms with E-state index in [1.165, 1.54) is 4.57 Å². The molecule has 4 aliphatic heterocycles. The van der Waals surface area contributed by atoms with Gasteiger partial charge in [0.25, 0.3) is 5.56 Å². The zero-order valence-electron chi connectivity index (χ0n) is 34.8. The number of hydrogen-bond acceptors (Lipinski definition) is 11. The molecule has 0 radical (unpaired) electrons. The molecule has 16 nitrogen and oxygen atoms in total. The van der Waals surface area contributed by atoms with E-state index >= 15 is 0 Å². The maximum absolute atomic E-state index is 13.8.